The van der Waals surface area contributed by atoms with Gasteiger partial charge in [-0.1, -0.05) is 19.9 Å². The maximum Gasteiger partial charge on any atom is 0.408 e. The second-order valence-corrected chi connectivity index (χ2v) is 8.28. The zero-order valence-corrected chi connectivity index (χ0v) is 19.2. The highest BCUT2D eigenvalue weighted by Crippen LogP contribution is 2.16. The minimum atomic E-state index is -0.531. The Labute approximate surface area is 175 Å². The van der Waals surface area contributed by atoms with Crippen LogP contribution in [-0.2, 0) is 11.3 Å². The molecule has 0 aliphatic heterocycles. The van der Waals surface area contributed by atoms with Gasteiger partial charge in [0.25, 0.3) is 0 Å². The largest absolute Gasteiger partial charge is 0.444 e. The highest BCUT2D eigenvalue weighted by molar-refractivity contribution is 5.79. The van der Waals surface area contributed by atoms with Crippen LogP contribution < -0.4 is 20.9 Å². The number of nitrogens with zero attached hydrogens (tertiary/aromatic N) is 3. The quantitative estimate of drug-likeness (QED) is 0.454. The summed E-state index contributed by atoms with van der Waals surface area (Å²) in [4.78, 5) is 23.1. The summed E-state index contributed by atoms with van der Waals surface area (Å²) in [5.41, 5.74) is -0.0392. The molecule has 164 valence electrons. The van der Waals surface area contributed by atoms with Crippen LogP contribution in [0.3, 0.4) is 0 Å². The fourth-order valence-corrected chi connectivity index (χ4v) is 2.70. The van der Waals surface area contributed by atoms with E-state index in [1.165, 1.54) is 0 Å². The number of aromatic nitrogens is 1. The van der Waals surface area contributed by atoms with Crippen molar-refractivity contribution in [3.05, 3.63) is 23.9 Å². The lowest BCUT2D eigenvalue weighted by atomic mass is 9.93. The van der Waals surface area contributed by atoms with Crippen molar-refractivity contribution in [3.8, 4) is 0 Å². The first-order valence-corrected chi connectivity index (χ1v) is 10.1. The standard InChI is InChI=1S/C21H38N6O2/c1-9-21(10-2,26-19(28)29-20(3,4)5)15-24-18(22-6)23-14-16-12-11-13-17(25-16)27(7)8/h11-13H,9-10,14-15H2,1-8H3,(H,26,28)(H2,22,23,24). The number of pyridine rings is 1. The fraction of sp³-hybridized carbons (Fsp3) is 0.667. The molecule has 0 aliphatic carbocycles. The van der Waals surface area contributed by atoms with E-state index in [4.69, 9.17) is 4.74 Å². The van der Waals surface area contributed by atoms with Gasteiger partial charge in [-0.2, -0.15) is 0 Å². The van der Waals surface area contributed by atoms with Gasteiger partial charge in [0.1, 0.15) is 11.4 Å². The van der Waals surface area contributed by atoms with Crippen molar-refractivity contribution < 1.29 is 9.53 Å². The predicted molar refractivity (Wildman–Crippen MR) is 119 cm³/mol. The van der Waals surface area contributed by atoms with E-state index in [0.29, 0.717) is 19.0 Å². The number of rotatable bonds is 8. The van der Waals surface area contributed by atoms with E-state index in [1.807, 2.05) is 58.0 Å². The first-order valence-electron chi connectivity index (χ1n) is 10.1. The highest BCUT2D eigenvalue weighted by Gasteiger charge is 2.30. The van der Waals surface area contributed by atoms with Crippen LogP contribution in [0.2, 0.25) is 0 Å². The van der Waals surface area contributed by atoms with E-state index in [1.54, 1.807) is 7.05 Å². The molecule has 0 spiro atoms. The molecule has 1 aromatic heterocycles. The molecule has 1 heterocycles. The summed E-state index contributed by atoms with van der Waals surface area (Å²) in [5, 5.41) is 9.63. The van der Waals surface area contributed by atoms with Crippen molar-refractivity contribution in [3.63, 3.8) is 0 Å². The van der Waals surface area contributed by atoms with Crippen LogP contribution in [0.1, 0.15) is 53.2 Å². The monoisotopic (exact) mass is 406 g/mol. The van der Waals surface area contributed by atoms with E-state index in [2.05, 4.69) is 39.8 Å². The van der Waals surface area contributed by atoms with Gasteiger partial charge in [-0.15, -0.1) is 0 Å². The lowest BCUT2D eigenvalue weighted by Crippen LogP contribution is -2.57. The molecule has 1 amide bonds. The van der Waals surface area contributed by atoms with Gasteiger partial charge >= 0.3 is 6.09 Å². The molecule has 8 heteroatoms. The van der Waals surface area contributed by atoms with E-state index in [-0.39, 0.29) is 0 Å². The third-order valence-corrected chi connectivity index (χ3v) is 4.62. The summed E-state index contributed by atoms with van der Waals surface area (Å²) < 4.78 is 5.43. The van der Waals surface area contributed by atoms with Crippen molar-refractivity contribution in [2.75, 3.05) is 32.6 Å². The first-order chi connectivity index (χ1) is 13.5. The number of ether oxygens (including phenoxy) is 1. The molecule has 0 unspecified atom stereocenters. The van der Waals surface area contributed by atoms with Crippen LogP contribution in [0.4, 0.5) is 10.6 Å². The smallest absolute Gasteiger partial charge is 0.408 e. The third-order valence-electron chi connectivity index (χ3n) is 4.62. The Hall–Kier alpha value is -2.51. The lowest BCUT2D eigenvalue weighted by molar-refractivity contribution is 0.0448. The molecule has 29 heavy (non-hydrogen) atoms. The molecule has 8 nitrogen and oxygen atoms in total. The van der Waals surface area contributed by atoms with E-state index >= 15 is 0 Å². The third kappa shape index (κ3) is 8.58. The molecular formula is C21H38N6O2. The number of nitrogens with one attached hydrogen (secondary N) is 3. The van der Waals surface area contributed by atoms with Crippen LogP contribution >= 0.6 is 0 Å². The van der Waals surface area contributed by atoms with Crippen molar-refractivity contribution >= 4 is 17.9 Å². The molecule has 0 saturated carbocycles. The minimum absolute atomic E-state index is 0.407. The summed E-state index contributed by atoms with van der Waals surface area (Å²) >= 11 is 0. The Morgan fingerprint density at radius 1 is 1.17 bits per heavy atom. The summed E-state index contributed by atoms with van der Waals surface area (Å²) in [6.45, 7) is 10.8. The average Bonchev–Trinajstić information content (AvgIpc) is 2.65. The van der Waals surface area contributed by atoms with Crippen LogP contribution in [0.5, 0.6) is 0 Å². The molecule has 1 rings (SSSR count). The number of alkyl carbamates (subject to hydrolysis) is 1. The number of hydrogen-bond donors (Lipinski definition) is 3. The van der Waals surface area contributed by atoms with E-state index < -0.39 is 17.2 Å². The number of anilines is 1. The number of amides is 1. The summed E-state index contributed by atoms with van der Waals surface area (Å²) in [6.07, 6.45) is 1.12. The summed E-state index contributed by atoms with van der Waals surface area (Å²) in [6, 6.07) is 5.93. The number of guanidine groups is 1. The molecule has 0 atom stereocenters. The topological polar surface area (TPSA) is 90.9 Å². The van der Waals surface area contributed by atoms with Gasteiger partial charge in [-0.3, -0.25) is 4.99 Å². The fourth-order valence-electron chi connectivity index (χ4n) is 2.70. The molecule has 0 radical (unpaired) electrons. The van der Waals surface area contributed by atoms with E-state index in [9.17, 15) is 4.79 Å². The predicted octanol–water partition coefficient (Wildman–Crippen LogP) is 2.90. The van der Waals surface area contributed by atoms with Gasteiger partial charge in [0.15, 0.2) is 5.96 Å². The zero-order valence-electron chi connectivity index (χ0n) is 19.2. The van der Waals surface area contributed by atoms with Crippen molar-refractivity contribution in [2.45, 2.75) is 65.1 Å². The second-order valence-electron chi connectivity index (χ2n) is 8.28. The molecule has 0 saturated heterocycles. The molecule has 0 fully saturated rings. The lowest BCUT2D eigenvalue weighted by Gasteiger charge is -2.34. The normalized spacial score (nSPS) is 12.3. The Morgan fingerprint density at radius 3 is 2.34 bits per heavy atom. The van der Waals surface area contributed by atoms with Crippen LogP contribution in [-0.4, -0.2) is 55.9 Å². The average molecular weight is 407 g/mol. The maximum atomic E-state index is 12.3. The number of carbonyl (C=O) groups excluding carboxylic acids is 1. The molecule has 1 aromatic rings. The Balaban J connectivity index is 2.69. The highest BCUT2D eigenvalue weighted by atomic mass is 16.6. The van der Waals surface area contributed by atoms with Crippen LogP contribution in [0.25, 0.3) is 0 Å². The summed E-state index contributed by atoms with van der Waals surface area (Å²) in [7, 11) is 5.65. The minimum Gasteiger partial charge on any atom is -0.444 e. The number of aliphatic imine (C=N–C) groups is 1. The molecule has 0 aromatic carbocycles. The SMILES string of the molecule is CCC(CC)(CNC(=NC)NCc1cccc(N(C)C)n1)NC(=O)OC(C)(C)C. The van der Waals surface area contributed by atoms with Gasteiger partial charge < -0.3 is 25.6 Å². The Bertz CT molecular complexity index is 678. The summed E-state index contributed by atoms with van der Waals surface area (Å²) in [5.74, 6) is 1.56. The van der Waals surface area contributed by atoms with Gasteiger partial charge in [0, 0.05) is 27.7 Å². The van der Waals surface area contributed by atoms with Crippen molar-refractivity contribution in [2.24, 2.45) is 4.99 Å². The first kappa shape index (κ1) is 24.5. The van der Waals surface area contributed by atoms with Gasteiger partial charge in [-0.05, 0) is 45.7 Å². The van der Waals surface area contributed by atoms with Crippen LogP contribution in [0.15, 0.2) is 23.2 Å². The molecule has 0 aliphatic rings. The Morgan fingerprint density at radius 2 is 1.83 bits per heavy atom. The molecule has 3 N–H and O–H groups in total. The van der Waals surface area contributed by atoms with Gasteiger partial charge in [0.2, 0.25) is 0 Å². The van der Waals surface area contributed by atoms with Gasteiger partial charge in [0.05, 0.1) is 17.8 Å². The second kappa shape index (κ2) is 10.9. The number of hydrogen-bond acceptors (Lipinski definition) is 5. The van der Waals surface area contributed by atoms with Crippen molar-refractivity contribution in [1.82, 2.24) is 20.9 Å². The molecular weight excluding hydrogens is 368 g/mol. The van der Waals surface area contributed by atoms with E-state index in [0.717, 1.165) is 24.4 Å². The van der Waals surface area contributed by atoms with Crippen LogP contribution in [0, 0.1) is 0 Å². The Kier molecular flexibility index (Phi) is 9.20. The number of carbonyl (C=O) groups is 1. The van der Waals surface area contributed by atoms with Gasteiger partial charge in [-0.25, -0.2) is 9.78 Å². The zero-order chi connectivity index (χ0) is 22.1. The molecule has 0 bridgehead atoms. The van der Waals surface area contributed by atoms with Crippen molar-refractivity contribution in [1.29, 1.82) is 0 Å². The maximum absolute atomic E-state index is 12.3.